The van der Waals surface area contributed by atoms with Gasteiger partial charge in [-0.1, -0.05) is 0 Å². The summed E-state index contributed by atoms with van der Waals surface area (Å²) in [6.07, 6.45) is 0. The summed E-state index contributed by atoms with van der Waals surface area (Å²) in [7, 11) is 0. The van der Waals surface area contributed by atoms with Crippen LogP contribution >= 0.6 is 11.3 Å². The van der Waals surface area contributed by atoms with Gasteiger partial charge in [-0.3, -0.25) is 4.79 Å². The van der Waals surface area contributed by atoms with E-state index in [9.17, 15) is 4.79 Å². The van der Waals surface area contributed by atoms with Gasteiger partial charge in [-0.25, -0.2) is 0 Å². The average molecular weight is 171 g/mol. The van der Waals surface area contributed by atoms with Crippen molar-refractivity contribution in [3.63, 3.8) is 0 Å². The van der Waals surface area contributed by atoms with Gasteiger partial charge in [0.15, 0.2) is 0 Å². The van der Waals surface area contributed by atoms with Crippen LogP contribution in [0.15, 0.2) is 11.4 Å². The predicted molar refractivity (Wildman–Crippen MR) is 43.6 cm³/mol. The van der Waals surface area contributed by atoms with Crippen molar-refractivity contribution in [2.45, 2.75) is 13.0 Å². The van der Waals surface area contributed by atoms with Gasteiger partial charge in [0.2, 0.25) is 0 Å². The van der Waals surface area contributed by atoms with Crippen LogP contribution in [0.5, 0.6) is 0 Å². The molecular weight excluding hydrogens is 162 g/mol. The zero-order chi connectivity index (χ0) is 8.43. The molecule has 0 saturated heterocycles. The molecule has 0 spiro atoms. The number of aryl methyl sites for hydroxylation is 1. The minimum absolute atomic E-state index is 0.681. The van der Waals surface area contributed by atoms with Crippen molar-refractivity contribution in [2.24, 2.45) is 5.73 Å². The highest BCUT2D eigenvalue weighted by molar-refractivity contribution is 7.10. The summed E-state index contributed by atoms with van der Waals surface area (Å²) in [4.78, 5) is 11.5. The van der Waals surface area contributed by atoms with Gasteiger partial charge in [-0.05, 0) is 23.9 Å². The molecule has 1 heterocycles. The van der Waals surface area contributed by atoms with Crippen molar-refractivity contribution >= 4 is 17.3 Å². The number of thiophene rings is 1. The number of nitrogens with two attached hydrogens (primary N) is 1. The molecule has 0 unspecified atom stereocenters. The molecule has 1 rings (SSSR count). The summed E-state index contributed by atoms with van der Waals surface area (Å²) in [6.45, 7) is 1.92. The van der Waals surface area contributed by atoms with Crippen LogP contribution in [0.3, 0.4) is 0 Å². The quantitative estimate of drug-likeness (QED) is 0.701. The molecule has 60 valence electrons. The van der Waals surface area contributed by atoms with E-state index < -0.39 is 12.0 Å². The molecule has 11 heavy (non-hydrogen) atoms. The van der Waals surface area contributed by atoms with Crippen molar-refractivity contribution in [1.82, 2.24) is 0 Å². The molecular formula is C7H9NO2S. The van der Waals surface area contributed by atoms with Crippen LogP contribution in [0.2, 0.25) is 0 Å². The molecule has 0 radical (unpaired) electrons. The highest BCUT2D eigenvalue weighted by atomic mass is 32.1. The Balaban J connectivity index is 2.84. The highest BCUT2D eigenvalue weighted by Gasteiger charge is 2.14. The Labute approximate surface area is 68.5 Å². The fourth-order valence-electron chi connectivity index (χ4n) is 0.769. The maximum atomic E-state index is 10.4. The molecule has 0 aliphatic heterocycles. The van der Waals surface area contributed by atoms with Crippen molar-refractivity contribution in [3.05, 3.63) is 21.9 Å². The summed E-state index contributed by atoms with van der Waals surface area (Å²) in [5, 5.41) is 10.3. The zero-order valence-corrected chi connectivity index (χ0v) is 6.89. The molecule has 0 aliphatic carbocycles. The van der Waals surface area contributed by atoms with E-state index in [0.29, 0.717) is 5.56 Å². The second-order valence-electron chi connectivity index (χ2n) is 2.31. The van der Waals surface area contributed by atoms with Crippen LogP contribution < -0.4 is 5.73 Å². The van der Waals surface area contributed by atoms with Gasteiger partial charge in [0, 0.05) is 4.88 Å². The van der Waals surface area contributed by atoms with Crippen molar-refractivity contribution in [2.75, 3.05) is 0 Å². The van der Waals surface area contributed by atoms with Crippen molar-refractivity contribution in [1.29, 1.82) is 0 Å². The van der Waals surface area contributed by atoms with E-state index in [-0.39, 0.29) is 0 Å². The van der Waals surface area contributed by atoms with Crippen LogP contribution in [0.1, 0.15) is 16.5 Å². The van der Waals surface area contributed by atoms with E-state index in [1.165, 1.54) is 11.3 Å². The molecule has 0 bridgehead atoms. The fourth-order valence-corrected chi connectivity index (χ4v) is 1.51. The average Bonchev–Trinajstić information content (AvgIpc) is 2.34. The zero-order valence-electron chi connectivity index (χ0n) is 6.07. The fraction of sp³-hybridized carbons (Fsp3) is 0.286. The number of aliphatic carboxylic acids is 1. The van der Waals surface area contributed by atoms with Crippen LogP contribution in [0.25, 0.3) is 0 Å². The van der Waals surface area contributed by atoms with E-state index in [1.807, 2.05) is 6.92 Å². The van der Waals surface area contributed by atoms with Gasteiger partial charge in [-0.2, -0.15) is 0 Å². The molecule has 0 fully saturated rings. The van der Waals surface area contributed by atoms with Gasteiger partial charge in [0.1, 0.15) is 6.04 Å². The summed E-state index contributed by atoms with van der Waals surface area (Å²) >= 11 is 1.51. The predicted octanol–water partition coefficient (Wildman–Crippen LogP) is 1.14. The molecule has 0 aromatic carbocycles. The number of hydrogen-bond acceptors (Lipinski definition) is 3. The Hall–Kier alpha value is -0.870. The lowest BCUT2D eigenvalue weighted by Gasteiger charge is -2.00. The normalized spacial score (nSPS) is 12.9. The first-order chi connectivity index (χ1) is 5.11. The van der Waals surface area contributed by atoms with E-state index in [0.717, 1.165) is 4.88 Å². The molecule has 0 aliphatic rings. The SMILES string of the molecule is Cc1cc([C@H](N)C(=O)O)cs1. The second-order valence-corrected chi connectivity index (χ2v) is 3.42. The first kappa shape index (κ1) is 8.23. The van der Waals surface area contributed by atoms with Gasteiger partial charge >= 0.3 is 5.97 Å². The number of carboxylic acids is 1. The Kier molecular flexibility index (Phi) is 2.26. The monoisotopic (exact) mass is 171 g/mol. The molecule has 1 atom stereocenters. The molecule has 3 N–H and O–H groups in total. The smallest absolute Gasteiger partial charge is 0.325 e. The van der Waals surface area contributed by atoms with Crippen molar-refractivity contribution in [3.8, 4) is 0 Å². The summed E-state index contributed by atoms with van der Waals surface area (Å²) in [5.74, 6) is -0.984. The van der Waals surface area contributed by atoms with E-state index in [2.05, 4.69) is 0 Å². The minimum Gasteiger partial charge on any atom is -0.480 e. The maximum absolute atomic E-state index is 10.4. The maximum Gasteiger partial charge on any atom is 0.325 e. The third-order valence-electron chi connectivity index (χ3n) is 1.38. The number of carbonyl (C=O) groups is 1. The van der Waals surface area contributed by atoms with E-state index in [4.69, 9.17) is 10.8 Å². The topological polar surface area (TPSA) is 63.3 Å². The minimum atomic E-state index is -0.984. The Morgan fingerprint density at radius 3 is 2.82 bits per heavy atom. The molecule has 4 heteroatoms. The third-order valence-corrected chi connectivity index (χ3v) is 2.26. The first-order valence-corrected chi connectivity index (χ1v) is 4.02. The summed E-state index contributed by atoms with van der Waals surface area (Å²) in [6, 6.07) is 0.920. The lowest BCUT2D eigenvalue weighted by atomic mass is 10.1. The van der Waals surface area contributed by atoms with Crippen LogP contribution in [-0.4, -0.2) is 11.1 Å². The number of carboxylic acid groups (broad SMARTS) is 1. The lowest BCUT2D eigenvalue weighted by molar-refractivity contribution is -0.138. The first-order valence-electron chi connectivity index (χ1n) is 3.14. The van der Waals surface area contributed by atoms with Crippen molar-refractivity contribution < 1.29 is 9.90 Å². The Bertz CT molecular complexity index is 269. The van der Waals surface area contributed by atoms with Crippen LogP contribution in [0, 0.1) is 6.92 Å². The summed E-state index contributed by atoms with van der Waals surface area (Å²) in [5.41, 5.74) is 6.04. The number of rotatable bonds is 2. The van der Waals surface area contributed by atoms with E-state index in [1.54, 1.807) is 11.4 Å². The van der Waals surface area contributed by atoms with Gasteiger partial charge < -0.3 is 10.8 Å². The number of hydrogen-bond donors (Lipinski definition) is 2. The van der Waals surface area contributed by atoms with Crippen LogP contribution in [-0.2, 0) is 4.79 Å². The van der Waals surface area contributed by atoms with Gasteiger partial charge in [0.05, 0.1) is 0 Å². The standard InChI is InChI=1S/C7H9NO2S/c1-4-2-5(3-11-4)6(8)7(9)10/h2-3,6H,8H2,1H3,(H,9,10)/t6-/m0/s1. The molecule has 0 saturated carbocycles. The molecule has 1 aromatic rings. The third kappa shape index (κ3) is 1.78. The van der Waals surface area contributed by atoms with Gasteiger partial charge in [0.25, 0.3) is 0 Å². The van der Waals surface area contributed by atoms with E-state index >= 15 is 0 Å². The van der Waals surface area contributed by atoms with Gasteiger partial charge in [-0.15, -0.1) is 11.3 Å². The van der Waals surface area contributed by atoms with Crippen LogP contribution in [0.4, 0.5) is 0 Å². The Morgan fingerprint density at radius 1 is 1.82 bits per heavy atom. The highest BCUT2D eigenvalue weighted by Crippen LogP contribution is 2.18. The Morgan fingerprint density at radius 2 is 2.45 bits per heavy atom. The largest absolute Gasteiger partial charge is 0.480 e. The molecule has 1 aromatic heterocycles. The lowest BCUT2D eigenvalue weighted by Crippen LogP contribution is -2.19. The summed E-state index contributed by atoms with van der Waals surface area (Å²) < 4.78 is 0. The molecule has 3 nitrogen and oxygen atoms in total. The molecule has 0 amide bonds. The second kappa shape index (κ2) is 3.02.